The van der Waals surface area contributed by atoms with Crippen LogP contribution in [0, 0.1) is 17.7 Å². The van der Waals surface area contributed by atoms with Crippen molar-refractivity contribution in [1.29, 1.82) is 0 Å². The van der Waals surface area contributed by atoms with Crippen LogP contribution < -0.4 is 0 Å². The number of halogens is 2. The molecule has 3 nitrogen and oxygen atoms in total. The smallest absolute Gasteiger partial charge is 0.317 e. The Labute approximate surface area is 120 Å². The number of benzene rings is 1. The molecule has 1 rings (SSSR count). The molecule has 0 saturated carbocycles. The van der Waals surface area contributed by atoms with Crippen LogP contribution in [0.4, 0.5) is 4.39 Å². The molecule has 1 atom stereocenters. The number of ketones is 1. The molecule has 19 heavy (non-hydrogen) atoms. The first-order valence-electron chi connectivity index (χ1n) is 6.05. The van der Waals surface area contributed by atoms with Crippen LogP contribution in [-0.2, 0) is 9.53 Å². The number of Topliss-reactive ketones (excluding diaryl/α,β-unsaturated/α-hetero) is 1. The minimum Gasteiger partial charge on any atom is -0.465 e. The van der Waals surface area contributed by atoms with Gasteiger partial charge in [-0.3, -0.25) is 9.59 Å². The molecule has 0 aliphatic heterocycles. The van der Waals surface area contributed by atoms with Crippen LogP contribution in [0.5, 0.6) is 0 Å². The van der Waals surface area contributed by atoms with E-state index in [1.165, 1.54) is 12.1 Å². The first kappa shape index (κ1) is 15.8. The van der Waals surface area contributed by atoms with Gasteiger partial charge in [-0.2, -0.15) is 0 Å². The predicted molar refractivity (Wildman–Crippen MR) is 73.4 cm³/mol. The van der Waals surface area contributed by atoms with Crippen molar-refractivity contribution >= 4 is 27.7 Å². The summed E-state index contributed by atoms with van der Waals surface area (Å²) in [5.41, 5.74) is -0.103. The summed E-state index contributed by atoms with van der Waals surface area (Å²) in [5, 5.41) is 0. The number of esters is 1. The second-order valence-electron chi connectivity index (χ2n) is 4.43. The molecule has 1 unspecified atom stereocenters. The molecular weight excluding hydrogens is 315 g/mol. The quantitative estimate of drug-likeness (QED) is 0.470. The summed E-state index contributed by atoms with van der Waals surface area (Å²) in [6.45, 7) is 5.31. The summed E-state index contributed by atoms with van der Waals surface area (Å²) in [5.74, 6) is -3.07. The van der Waals surface area contributed by atoms with Gasteiger partial charge in [0.1, 0.15) is 11.7 Å². The molecule has 0 bridgehead atoms. The van der Waals surface area contributed by atoms with E-state index in [1.54, 1.807) is 26.8 Å². The van der Waals surface area contributed by atoms with Gasteiger partial charge in [-0.15, -0.1) is 0 Å². The number of rotatable bonds is 5. The highest BCUT2D eigenvalue weighted by atomic mass is 79.9. The van der Waals surface area contributed by atoms with E-state index in [0.717, 1.165) is 0 Å². The third-order valence-corrected chi connectivity index (χ3v) is 3.36. The average Bonchev–Trinajstić information content (AvgIpc) is 2.28. The number of hydrogen-bond acceptors (Lipinski definition) is 3. The highest BCUT2D eigenvalue weighted by Gasteiger charge is 2.34. The Morgan fingerprint density at radius 2 is 2.00 bits per heavy atom. The first-order valence-corrected chi connectivity index (χ1v) is 6.84. The van der Waals surface area contributed by atoms with E-state index in [1.807, 2.05) is 0 Å². The molecule has 0 aliphatic rings. The monoisotopic (exact) mass is 330 g/mol. The molecule has 0 heterocycles. The fourth-order valence-electron chi connectivity index (χ4n) is 1.80. The van der Waals surface area contributed by atoms with Crippen LogP contribution in [-0.4, -0.2) is 18.4 Å². The van der Waals surface area contributed by atoms with Gasteiger partial charge in [0.2, 0.25) is 0 Å². The lowest BCUT2D eigenvalue weighted by atomic mass is 9.88. The summed E-state index contributed by atoms with van der Waals surface area (Å²) >= 11 is 3.14. The van der Waals surface area contributed by atoms with Gasteiger partial charge in [0.05, 0.1) is 12.2 Å². The predicted octanol–water partition coefficient (Wildman–Crippen LogP) is 3.61. The zero-order valence-corrected chi connectivity index (χ0v) is 12.7. The van der Waals surface area contributed by atoms with Crippen molar-refractivity contribution in [3.63, 3.8) is 0 Å². The number of carbonyl (C=O) groups is 2. The summed E-state index contributed by atoms with van der Waals surface area (Å²) in [6.07, 6.45) is 0. The Morgan fingerprint density at radius 1 is 1.37 bits per heavy atom. The largest absolute Gasteiger partial charge is 0.465 e. The zero-order chi connectivity index (χ0) is 14.6. The Kier molecular flexibility index (Phi) is 5.66. The second kappa shape index (κ2) is 6.80. The first-order chi connectivity index (χ1) is 8.90. The molecule has 0 radical (unpaired) electrons. The summed E-state index contributed by atoms with van der Waals surface area (Å²) in [6, 6.07) is 4.25. The van der Waals surface area contributed by atoms with Crippen molar-refractivity contribution in [3.05, 3.63) is 34.1 Å². The standard InChI is InChI=1S/C14H16BrFO3/c1-4-19-14(18)11(8(2)3)13(17)12-9(15)6-5-7-10(12)16/h5-8,11H,4H2,1-3H3. The maximum Gasteiger partial charge on any atom is 0.317 e. The maximum absolute atomic E-state index is 13.8. The molecule has 1 aromatic carbocycles. The van der Waals surface area contributed by atoms with Gasteiger partial charge in [0, 0.05) is 4.47 Å². The summed E-state index contributed by atoms with van der Waals surface area (Å²) < 4.78 is 19.0. The van der Waals surface area contributed by atoms with Crippen molar-refractivity contribution in [2.75, 3.05) is 6.61 Å². The van der Waals surface area contributed by atoms with Gasteiger partial charge in [-0.05, 0) is 40.9 Å². The Balaban J connectivity index is 3.17. The van der Waals surface area contributed by atoms with Gasteiger partial charge >= 0.3 is 5.97 Å². The van der Waals surface area contributed by atoms with Gasteiger partial charge in [0.25, 0.3) is 0 Å². The van der Waals surface area contributed by atoms with E-state index in [2.05, 4.69) is 15.9 Å². The topological polar surface area (TPSA) is 43.4 Å². The molecule has 0 aliphatic carbocycles. The van der Waals surface area contributed by atoms with Gasteiger partial charge in [-0.1, -0.05) is 19.9 Å². The third kappa shape index (κ3) is 3.62. The third-order valence-electron chi connectivity index (χ3n) is 2.70. The maximum atomic E-state index is 13.8. The Morgan fingerprint density at radius 3 is 2.47 bits per heavy atom. The SMILES string of the molecule is CCOC(=O)C(C(=O)c1c(F)cccc1Br)C(C)C. The summed E-state index contributed by atoms with van der Waals surface area (Å²) in [7, 11) is 0. The second-order valence-corrected chi connectivity index (χ2v) is 5.29. The molecule has 0 aromatic heterocycles. The minimum atomic E-state index is -0.992. The molecule has 0 saturated heterocycles. The van der Waals surface area contributed by atoms with Crippen LogP contribution >= 0.6 is 15.9 Å². The Bertz CT molecular complexity index is 465. The van der Waals surface area contributed by atoms with Crippen LogP contribution in [0.25, 0.3) is 0 Å². The van der Waals surface area contributed by atoms with Crippen LogP contribution in [0.15, 0.2) is 22.7 Å². The molecule has 1 aromatic rings. The van der Waals surface area contributed by atoms with Gasteiger partial charge in [-0.25, -0.2) is 4.39 Å². The van der Waals surface area contributed by atoms with Crippen LogP contribution in [0.2, 0.25) is 0 Å². The van der Waals surface area contributed by atoms with E-state index in [-0.39, 0.29) is 18.1 Å². The molecule has 104 valence electrons. The number of carbonyl (C=O) groups excluding carboxylic acids is 2. The summed E-state index contributed by atoms with van der Waals surface area (Å²) in [4.78, 5) is 24.2. The van der Waals surface area contributed by atoms with E-state index < -0.39 is 23.5 Å². The molecule has 0 N–H and O–H groups in total. The van der Waals surface area contributed by atoms with Crippen LogP contribution in [0.1, 0.15) is 31.1 Å². The van der Waals surface area contributed by atoms with Crippen molar-refractivity contribution in [3.8, 4) is 0 Å². The molecule has 5 heteroatoms. The minimum absolute atomic E-state index is 0.103. The highest BCUT2D eigenvalue weighted by molar-refractivity contribution is 9.10. The number of ether oxygens (including phenoxy) is 1. The van der Waals surface area contributed by atoms with E-state index in [9.17, 15) is 14.0 Å². The lowest BCUT2D eigenvalue weighted by molar-refractivity contribution is -0.147. The average molecular weight is 331 g/mol. The van der Waals surface area contributed by atoms with Crippen molar-refractivity contribution in [2.45, 2.75) is 20.8 Å². The normalized spacial score (nSPS) is 12.3. The van der Waals surface area contributed by atoms with E-state index in [0.29, 0.717) is 4.47 Å². The molecule has 0 spiro atoms. The fraction of sp³-hybridized carbons (Fsp3) is 0.429. The highest BCUT2D eigenvalue weighted by Crippen LogP contribution is 2.26. The van der Waals surface area contributed by atoms with E-state index in [4.69, 9.17) is 4.74 Å². The van der Waals surface area contributed by atoms with Gasteiger partial charge < -0.3 is 4.74 Å². The lowest BCUT2D eigenvalue weighted by Gasteiger charge is -2.18. The Hall–Kier alpha value is -1.23. The van der Waals surface area contributed by atoms with Crippen molar-refractivity contribution in [1.82, 2.24) is 0 Å². The van der Waals surface area contributed by atoms with E-state index >= 15 is 0 Å². The van der Waals surface area contributed by atoms with Gasteiger partial charge in [0.15, 0.2) is 5.78 Å². The van der Waals surface area contributed by atoms with Crippen molar-refractivity contribution in [2.24, 2.45) is 11.8 Å². The number of hydrogen-bond donors (Lipinski definition) is 0. The van der Waals surface area contributed by atoms with Crippen molar-refractivity contribution < 1.29 is 18.7 Å². The van der Waals surface area contributed by atoms with Crippen LogP contribution in [0.3, 0.4) is 0 Å². The zero-order valence-electron chi connectivity index (χ0n) is 11.1. The fourth-order valence-corrected chi connectivity index (χ4v) is 2.34. The molecule has 0 amide bonds. The molecule has 0 fully saturated rings. The lowest BCUT2D eigenvalue weighted by Crippen LogP contribution is -2.31. The molecular formula is C14H16BrFO3.